The highest BCUT2D eigenvalue weighted by atomic mass is 15.0. The van der Waals surface area contributed by atoms with Gasteiger partial charge < -0.3 is 10.6 Å². The van der Waals surface area contributed by atoms with Gasteiger partial charge in [0.25, 0.3) is 0 Å². The minimum Gasteiger partial charge on any atom is -0.304 e. The molecule has 0 aliphatic heterocycles. The second-order valence-corrected chi connectivity index (χ2v) is 6.26. The average Bonchev–Trinajstić information content (AvgIpc) is 2.34. The molecule has 0 saturated carbocycles. The molecule has 0 aliphatic rings. The zero-order chi connectivity index (χ0) is 13.7. The van der Waals surface area contributed by atoms with Gasteiger partial charge in [0.05, 0.1) is 0 Å². The molecule has 0 fully saturated rings. The van der Waals surface area contributed by atoms with Crippen molar-refractivity contribution in [3.8, 4) is 0 Å². The van der Waals surface area contributed by atoms with E-state index in [1.165, 1.54) is 51.4 Å². The molecule has 110 valence electrons. The quantitative estimate of drug-likeness (QED) is 0.379. The van der Waals surface area contributed by atoms with Gasteiger partial charge in [0.2, 0.25) is 0 Å². The van der Waals surface area contributed by atoms with Crippen LogP contribution in [0.2, 0.25) is 0 Å². The Bertz CT molecular complexity index is 166. The van der Waals surface area contributed by atoms with Crippen LogP contribution in [0.25, 0.3) is 0 Å². The summed E-state index contributed by atoms with van der Waals surface area (Å²) in [5.74, 6) is 0. The van der Waals surface area contributed by atoms with Gasteiger partial charge in [-0.2, -0.15) is 0 Å². The molecular weight excluding hydrogens is 220 g/mol. The van der Waals surface area contributed by atoms with Crippen molar-refractivity contribution >= 4 is 0 Å². The Balaban J connectivity index is 3.23. The number of rotatable bonds is 13. The summed E-state index contributed by atoms with van der Waals surface area (Å²) in [7, 11) is 0. The first kappa shape index (κ1) is 17.9. The van der Waals surface area contributed by atoms with Gasteiger partial charge in [-0.15, -0.1) is 0 Å². The third-order valence-electron chi connectivity index (χ3n) is 3.62. The maximum absolute atomic E-state index is 3.46. The van der Waals surface area contributed by atoms with Crippen molar-refractivity contribution < 1.29 is 0 Å². The molecule has 0 radical (unpaired) electrons. The highest BCUT2D eigenvalue weighted by Crippen LogP contribution is 2.29. The van der Waals surface area contributed by atoms with Gasteiger partial charge >= 0.3 is 0 Å². The van der Waals surface area contributed by atoms with E-state index in [2.05, 4.69) is 38.3 Å². The van der Waals surface area contributed by atoms with Crippen LogP contribution in [0.15, 0.2) is 0 Å². The van der Waals surface area contributed by atoms with E-state index in [4.69, 9.17) is 0 Å². The Morgan fingerprint density at radius 1 is 0.722 bits per heavy atom. The first-order valence-electron chi connectivity index (χ1n) is 8.04. The molecule has 18 heavy (non-hydrogen) atoms. The van der Waals surface area contributed by atoms with Crippen LogP contribution >= 0.6 is 0 Å². The maximum atomic E-state index is 3.46. The summed E-state index contributed by atoms with van der Waals surface area (Å²) >= 11 is 0. The SMILES string of the molecule is CCCCNCNCCCCC(C)(C)CCCC. The Kier molecular flexibility index (Phi) is 11.9. The minimum atomic E-state index is 0.551. The minimum absolute atomic E-state index is 0.551. The van der Waals surface area contributed by atoms with Gasteiger partial charge in [-0.05, 0) is 44.2 Å². The summed E-state index contributed by atoms with van der Waals surface area (Å²) in [5, 5.41) is 6.87. The molecule has 2 nitrogen and oxygen atoms in total. The van der Waals surface area contributed by atoms with Crippen molar-refractivity contribution in [3.05, 3.63) is 0 Å². The monoisotopic (exact) mass is 256 g/mol. The molecule has 0 bridgehead atoms. The van der Waals surface area contributed by atoms with Gasteiger partial charge in [-0.3, -0.25) is 0 Å². The number of hydrogen-bond acceptors (Lipinski definition) is 2. The zero-order valence-corrected chi connectivity index (χ0v) is 13.3. The summed E-state index contributed by atoms with van der Waals surface area (Å²) in [6.45, 7) is 12.6. The van der Waals surface area contributed by atoms with Crippen LogP contribution in [-0.2, 0) is 0 Å². The normalized spacial score (nSPS) is 12.0. The van der Waals surface area contributed by atoms with E-state index in [9.17, 15) is 0 Å². The molecule has 0 aliphatic carbocycles. The van der Waals surface area contributed by atoms with Crippen LogP contribution in [0.1, 0.15) is 79.1 Å². The summed E-state index contributed by atoms with van der Waals surface area (Å²) < 4.78 is 0. The van der Waals surface area contributed by atoms with E-state index < -0.39 is 0 Å². The molecule has 0 heterocycles. The smallest absolute Gasteiger partial charge is 0.0454 e. The van der Waals surface area contributed by atoms with Crippen LogP contribution in [0.3, 0.4) is 0 Å². The highest BCUT2D eigenvalue weighted by Gasteiger charge is 2.15. The molecule has 0 aromatic rings. The summed E-state index contributed by atoms with van der Waals surface area (Å²) in [6.07, 6.45) is 10.7. The van der Waals surface area contributed by atoms with E-state index in [1.807, 2.05) is 0 Å². The lowest BCUT2D eigenvalue weighted by atomic mass is 9.82. The first-order valence-corrected chi connectivity index (χ1v) is 8.04. The van der Waals surface area contributed by atoms with Crippen LogP contribution in [-0.4, -0.2) is 19.8 Å². The van der Waals surface area contributed by atoms with E-state index in [-0.39, 0.29) is 0 Å². The Labute approximate surface area is 115 Å². The van der Waals surface area contributed by atoms with Gasteiger partial charge in [0.1, 0.15) is 0 Å². The Hall–Kier alpha value is -0.0800. The predicted octanol–water partition coefficient (Wildman–Crippen LogP) is 4.31. The van der Waals surface area contributed by atoms with E-state index in [0.717, 1.165) is 19.8 Å². The number of hydrogen-bond donors (Lipinski definition) is 2. The first-order chi connectivity index (χ1) is 8.62. The van der Waals surface area contributed by atoms with Crippen molar-refractivity contribution in [3.63, 3.8) is 0 Å². The van der Waals surface area contributed by atoms with Crippen molar-refractivity contribution in [2.45, 2.75) is 79.1 Å². The third kappa shape index (κ3) is 12.4. The topological polar surface area (TPSA) is 24.1 Å². The fourth-order valence-electron chi connectivity index (χ4n) is 2.20. The molecule has 0 aromatic carbocycles. The van der Waals surface area contributed by atoms with Crippen molar-refractivity contribution in [2.75, 3.05) is 19.8 Å². The Morgan fingerprint density at radius 3 is 1.89 bits per heavy atom. The van der Waals surface area contributed by atoms with Gasteiger partial charge in [0.15, 0.2) is 0 Å². The molecule has 0 aromatic heterocycles. The van der Waals surface area contributed by atoms with Gasteiger partial charge in [-0.1, -0.05) is 53.4 Å². The molecule has 2 heteroatoms. The maximum Gasteiger partial charge on any atom is 0.0454 e. The average molecular weight is 256 g/mol. The van der Waals surface area contributed by atoms with Crippen molar-refractivity contribution in [2.24, 2.45) is 5.41 Å². The van der Waals surface area contributed by atoms with Crippen molar-refractivity contribution in [1.82, 2.24) is 10.6 Å². The number of nitrogens with one attached hydrogen (secondary N) is 2. The fourth-order valence-corrected chi connectivity index (χ4v) is 2.20. The highest BCUT2D eigenvalue weighted by molar-refractivity contribution is 4.68. The summed E-state index contributed by atoms with van der Waals surface area (Å²) in [4.78, 5) is 0. The van der Waals surface area contributed by atoms with Crippen LogP contribution in [0.4, 0.5) is 0 Å². The van der Waals surface area contributed by atoms with Crippen LogP contribution in [0.5, 0.6) is 0 Å². The van der Waals surface area contributed by atoms with E-state index in [0.29, 0.717) is 5.41 Å². The largest absolute Gasteiger partial charge is 0.304 e. The predicted molar refractivity (Wildman–Crippen MR) is 82.9 cm³/mol. The van der Waals surface area contributed by atoms with Crippen molar-refractivity contribution in [1.29, 1.82) is 0 Å². The number of unbranched alkanes of at least 4 members (excludes halogenated alkanes) is 3. The molecule has 2 N–H and O–H groups in total. The third-order valence-corrected chi connectivity index (χ3v) is 3.62. The molecule has 0 amide bonds. The summed E-state index contributed by atoms with van der Waals surface area (Å²) in [6, 6.07) is 0. The Morgan fingerprint density at radius 2 is 1.28 bits per heavy atom. The van der Waals surface area contributed by atoms with Crippen LogP contribution < -0.4 is 10.6 Å². The lowest BCUT2D eigenvalue weighted by molar-refractivity contribution is 0.286. The molecular formula is C16H36N2. The van der Waals surface area contributed by atoms with E-state index >= 15 is 0 Å². The second kappa shape index (κ2) is 12.0. The summed E-state index contributed by atoms with van der Waals surface area (Å²) in [5.41, 5.74) is 0.551. The van der Waals surface area contributed by atoms with Gasteiger partial charge in [0, 0.05) is 6.67 Å². The molecule has 0 rings (SSSR count). The van der Waals surface area contributed by atoms with E-state index in [1.54, 1.807) is 0 Å². The molecule has 0 unspecified atom stereocenters. The lowest BCUT2D eigenvalue weighted by Gasteiger charge is -2.24. The second-order valence-electron chi connectivity index (χ2n) is 6.26. The molecule has 0 saturated heterocycles. The lowest BCUT2D eigenvalue weighted by Crippen LogP contribution is -2.30. The fraction of sp³-hybridized carbons (Fsp3) is 1.00. The molecule has 0 spiro atoms. The molecule has 0 atom stereocenters. The van der Waals surface area contributed by atoms with Gasteiger partial charge in [-0.25, -0.2) is 0 Å². The zero-order valence-electron chi connectivity index (χ0n) is 13.3. The van der Waals surface area contributed by atoms with Crippen LogP contribution in [0, 0.1) is 5.41 Å². The standard InChI is InChI=1S/C16H36N2/c1-5-7-11-16(3,4)12-9-10-14-18-15-17-13-8-6-2/h17-18H,5-15H2,1-4H3.